The van der Waals surface area contributed by atoms with E-state index < -0.39 is 8.32 Å². The lowest BCUT2D eigenvalue weighted by atomic mass is 9.87. The number of methoxy groups -OCH3 is 1. The second-order valence-corrected chi connectivity index (χ2v) is 17.5. The van der Waals surface area contributed by atoms with Crippen molar-refractivity contribution in [3.05, 3.63) is 84.4 Å². The van der Waals surface area contributed by atoms with E-state index in [2.05, 4.69) is 81.4 Å². The Bertz CT molecular complexity index is 1230. The molecule has 10 heteroatoms. The molecular formula is C38H56N2O7Si. The van der Waals surface area contributed by atoms with Crippen molar-refractivity contribution in [2.24, 2.45) is 0 Å². The predicted molar refractivity (Wildman–Crippen MR) is 191 cm³/mol. The minimum absolute atomic E-state index is 0.0847. The Morgan fingerprint density at radius 3 is 1.65 bits per heavy atom. The van der Waals surface area contributed by atoms with E-state index in [1.807, 2.05) is 12.3 Å². The zero-order valence-corrected chi connectivity index (χ0v) is 30.4. The standard InChI is InChI=1S/C38H56N2O7Si/c1-38(2,3)48(35-11-7-5-8-12-35,36-13-9-6-10-14-36)47-31-33-19-20-39-37(40-33)32-15-17-34(18-16-32)46-30-29-45-28-27-44-26-25-43-24-23-42-22-21-41-4/h5-14,19-20,32,34H,15-18,21-31H2,1-4H3/t32-,34-. The van der Waals surface area contributed by atoms with Crippen LogP contribution in [-0.4, -0.2) is 97.6 Å². The van der Waals surface area contributed by atoms with Crippen LogP contribution in [0.3, 0.4) is 0 Å². The van der Waals surface area contributed by atoms with Crippen LogP contribution in [0.1, 0.15) is 63.9 Å². The molecule has 0 amide bonds. The number of benzene rings is 2. The summed E-state index contributed by atoms with van der Waals surface area (Å²) in [5.74, 6) is 1.25. The molecule has 1 heterocycles. The first kappa shape index (κ1) is 38.3. The minimum Gasteiger partial charge on any atom is -0.401 e. The first-order valence-corrected chi connectivity index (χ1v) is 19.3. The van der Waals surface area contributed by atoms with E-state index in [1.165, 1.54) is 10.4 Å². The van der Waals surface area contributed by atoms with Gasteiger partial charge in [-0.05, 0) is 47.2 Å². The quantitative estimate of drug-likeness (QED) is 0.104. The number of rotatable bonds is 22. The summed E-state index contributed by atoms with van der Waals surface area (Å²) in [5, 5.41) is 2.46. The Balaban J connectivity index is 1.16. The van der Waals surface area contributed by atoms with E-state index >= 15 is 0 Å². The maximum Gasteiger partial charge on any atom is 0.261 e. The Kier molecular flexibility index (Phi) is 16.6. The zero-order valence-electron chi connectivity index (χ0n) is 29.4. The molecule has 264 valence electrons. The molecule has 4 rings (SSSR count). The van der Waals surface area contributed by atoms with E-state index in [9.17, 15) is 0 Å². The lowest BCUT2D eigenvalue weighted by Gasteiger charge is -2.43. The summed E-state index contributed by atoms with van der Waals surface area (Å²) in [6.07, 6.45) is 6.16. The number of hydrogen-bond acceptors (Lipinski definition) is 9. The van der Waals surface area contributed by atoms with Gasteiger partial charge in [0.1, 0.15) is 5.82 Å². The second kappa shape index (κ2) is 20.8. The third-order valence-electron chi connectivity index (χ3n) is 8.75. The Morgan fingerprint density at radius 1 is 0.646 bits per heavy atom. The normalized spacial score (nSPS) is 17.1. The number of ether oxygens (including phenoxy) is 6. The minimum atomic E-state index is -2.64. The molecule has 0 N–H and O–H groups in total. The van der Waals surface area contributed by atoms with Gasteiger partial charge in [-0.15, -0.1) is 0 Å². The lowest BCUT2D eigenvalue weighted by Crippen LogP contribution is -2.66. The molecule has 0 bridgehead atoms. The molecule has 48 heavy (non-hydrogen) atoms. The molecule has 0 unspecified atom stereocenters. The van der Waals surface area contributed by atoms with Crippen molar-refractivity contribution >= 4 is 18.7 Å². The van der Waals surface area contributed by atoms with Crippen LogP contribution in [0.5, 0.6) is 0 Å². The van der Waals surface area contributed by atoms with Gasteiger partial charge in [0.2, 0.25) is 0 Å². The van der Waals surface area contributed by atoms with E-state index in [1.54, 1.807) is 7.11 Å². The highest BCUT2D eigenvalue weighted by molar-refractivity contribution is 6.99. The number of hydrogen-bond donors (Lipinski definition) is 0. The van der Waals surface area contributed by atoms with E-state index in [0.29, 0.717) is 78.6 Å². The highest BCUT2D eigenvalue weighted by Crippen LogP contribution is 2.37. The fraction of sp³-hybridized carbons (Fsp3) is 0.579. The molecule has 0 saturated heterocycles. The van der Waals surface area contributed by atoms with Gasteiger partial charge in [0.25, 0.3) is 8.32 Å². The Morgan fingerprint density at radius 2 is 1.15 bits per heavy atom. The molecule has 0 aliphatic heterocycles. The molecule has 2 aromatic carbocycles. The fourth-order valence-electron chi connectivity index (χ4n) is 6.30. The molecular weight excluding hydrogens is 625 g/mol. The van der Waals surface area contributed by atoms with Gasteiger partial charge < -0.3 is 32.8 Å². The lowest BCUT2D eigenvalue weighted by molar-refractivity contribution is -0.0316. The monoisotopic (exact) mass is 680 g/mol. The zero-order chi connectivity index (χ0) is 33.9. The van der Waals surface area contributed by atoms with Crippen molar-refractivity contribution < 1.29 is 32.8 Å². The van der Waals surface area contributed by atoms with Crippen molar-refractivity contribution in [3.8, 4) is 0 Å². The van der Waals surface area contributed by atoms with Crippen LogP contribution in [0.15, 0.2) is 72.9 Å². The molecule has 1 aromatic heterocycles. The molecule has 1 fully saturated rings. The molecule has 0 radical (unpaired) electrons. The SMILES string of the molecule is COCCOCCOCCOCCOCCO[C@H]1CC[C@H](c2nccc(CO[Si](c3ccccc3)(c3ccccc3)C(C)(C)C)n2)CC1. The molecule has 3 aromatic rings. The Labute approximate surface area is 288 Å². The van der Waals surface area contributed by atoms with Crippen LogP contribution in [-0.2, 0) is 39.5 Å². The van der Waals surface area contributed by atoms with Gasteiger partial charge in [-0.1, -0.05) is 81.4 Å². The van der Waals surface area contributed by atoms with Crippen molar-refractivity contribution in [3.63, 3.8) is 0 Å². The summed E-state index contributed by atoms with van der Waals surface area (Å²) in [4.78, 5) is 9.73. The maximum absolute atomic E-state index is 7.13. The first-order valence-electron chi connectivity index (χ1n) is 17.4. The summed E-state index contributed by atoms with van der Waals surface area (Å²) in [5.41, 5.74) is 0.934. The number of aromatic nitrogens is 2. The van der Waals surface area contributed by atoms with Gasteiger partial charge >= 0.3 is 0 Å². The van der Waals surface area contributed by atoms with Crippen LogP contribution in [0, 0.1) is 0 Å². The van der Waals surface area contributed by atoms with Gasteiger partial charge in [0.15, 0.2) is 0 Å². The molecule has 1 aliphatic carbocycles. The van der Waals surface area contributed by atoms with Gasteiger partial charge in [-0.3, -0.25) is 0 Å². The summed E-state index contributed by atoms with van der Waals surface area (Å²) < 4.78 is 40.2. The van der Waals surface area contributed by atoms with Crippen molar-refractivity contribution in [1.29, 1.82) is 0 Å². The highest BCUT2D eigenvalue weighted by atomic mass is 28.4. The summed E-state index contributed by atoms with van der Waals surface area (Å²) in [7, 11) is -0.984. The van der Waals surface area contributed by atoms with Crippen LogP contribution in [0.2, 0.25) is 5.04 Å². The molecule has 1 saturated carbocycles. The van der Waals surface area contributed by atoms with Crippen LogP contribution < -0.4 is 10.4 Å². The summed E-state index contributed by atoms with van der Waals surface area (Å²) >= 11 is 0. The van der Waals surface area contributed by atoms with Gasteiger partial charge in [0, 0.05) is 19.2 Å². The number of nitrogens with zero attached hydrogens (tertiary/aromatic N) is 2. The smallest absolute Gasteiger partial charge is 0.261 e. The third kappa shape index (κ3) is 11.8. The highest BCUT2D eigenvalue weighted by Gasteiger charge is 2.50. The van der Waals surface area contributed by atoms with Crippen molar-refractivity contribution in [1.82, 2.24) is 9.97 Å². The molecule has 0 atom stereocenters. The predicted octanol–water partition coefficient (Wildman–Crippen LogP) is 5.31. The van der Waals surface area contributed by atoms with E-state index in [4.69, 9.17) is 42.8 Å². The largest absolute Gasteiger partial charge is 0.401 e. The summed E-state index contributed by atoms with van der Waals surface area (Å²) in [6, 6.07) is 23.5. The maximum atomic E-state index is 7.13. The van der Waals surface area contributed by atoms with Crippen molar-refractivity contribution in [2.45, 2.75) is 70.1 Å². The average Bonchev–Trinajstić information content (AvgIpc) is 3.11. The third-order valence-corrected chi connectivity index (χ3v) is 13.7. The molecule has 1 aliphatic rings. The van der Waals surface area contributed by atoms with Crippen LogP contribution in [0.25, 0.3) is 0 Å². The van der Waals surface area contributed by atoms with E-state index in [0.717, 1.165) is 37.2 Å². The first-order chi connectivity index (χ1) is 23.4. The Hall–Kier alpha value is -2.54. The topological polar surface area (TPSA) is 90.4 Å². The van der Waals surface area contributed by atoms with Gasteiger partial charge in [-0.2, -0.15) is 0 Å². The summed E-state index contributed by atoms with van der Waals surface area (Å²) in [6.45, 7) is 13.0. The van der Waals surface area contributed by atoms with Gasteiger partial charge in [-0.25, -0.2) is 9.97 Å². The fourth-order valence-corrected chi connectivity index (χ4v) is 10.8. The van der Waals surface area contributed by atoms with Crippen LogP contribution >= 0.6 is 0 Å². The molecule has 9 nitrogen and oxygen atoms in total. The van der Waals surface area contributed by atoms with Gasteiger partial charge in [0.05, 0.1) is 84.5 Å². The molecule has 0 spiro atoms. The average molecular weight is 681 g/mol. The van der Waals surface area contributed by atoms with E-state index in [-0.39, 0.29) is 11.1 Å². The van der Waals surface area contributed by atoms with Crippen molar-refractivity contribution in [2.75, 3.05) is 73.2 Å². The van der Waals surface area contributed by atoms with Crippen LogP contribution in [0.4, 0.5) is 0 Å². The second-order valence-electron chi connectivity index (χ2n) is 13.1.